The molecule has 1 aliphatic carbocycles. The summed E-state index contributed by atoms with van der Waals surface area (Å²) in [6, 6.07) is 0.119. The van der Waals surface area contributed by atoms with Gasteiger partial charge in [-0.05, 0) is 37.5 Å². The molecular weight excluding hydrogens is 252 g/mol. The molecule has 20 heavy (non-hydrogen) atoms. The van der Waals surface area contributed by atoms with Gasteiger partial charge < -0.3 is 9.80 Å². The smallest absolute Gasteiger partial charge is 0.246 e. The SMILES string of the molecule is CC1CCCC(N2CC(=O)N3CCCCC3C2=O)C1C. The van der Waals surface area contributed by atoms with Crippen LogP contribution in [0.2, 0.25) is 0 Å². The lowest BCUT2D eigenvalue weighted by atomic mass is 9.76. The molecule has 1 saturated carbocycles. The van der Waals surface area contributed by atoms with E-state index in [1.807, 2.05) is 9.80 Å². The maximum absolute atomic E-state index is 12.8. The van der Waals surface area contributed by atoms with Crippen molar-refractivity contribution in [2.45, 2.75) is 64.5 Å². The molecular formula is C16H26N2O2. The van der Waals surface area contributed by atoms with Gasteiger partial charge in [0.1, 0.15) is 12.6 Å². The minimum Gasteiger partial charge on any atom is -0.329 e. The number of piperidine rings is 1. The van der Waals surface area contributed by atoms with Crippen LogP contribution in [-0.4, -0.2) is 46.8 Å². The molecule has 2 saturated heterocycles. The highest BCUT2D eigenvalue weighted by Crippen LogP contribution is 2.35. The zero-order valence-electron chi connectivity index (χ0n) is 12.7. The van der Waals surface area contributed by atoms with Crippen molar-refractivity contribution in [3.05, 3.63) is 0 Å². The van der Waals surface area contributed by atoms with Gasteiger partial charge in [0.15, 0.2) is 0 Å². The molecule has 4 atom stereocenters. The summed E-state index contributed by atoms with van der Waals surface area (Å²) in [5.41, 5.74) is 0. The van der Waals surface area contributed by atoms with Crippen molar-refractivity contribution in [3.63, 3.8) is 0 Å². The normalized spacial score (nSPS) is 38.9. The highest BCUT2D eigenvalue weighted by atomic mass is 16.2. The highest BCUT2D eigenvalue weighted by molar-refractivity contribution is 5.95. The average molecular weight is 278 g/mol. The maximum atomic E-state index is 12.8. The van der Waals surface area contributed by atoms with Crippen LogP contribution >= 0.6 is 0 Å². The summed E-state index contributed by atoms with van der Waals surface area (Å²) in [6.07, 6.45) is 6.48. The van der Waals surface area contributed by atoms with Crippen LogP contribution in [0.3, 0.4) is 0 Å². The van der Waals surface area contributed by atoms with Gasteiger partial charge in [0.05, 0.1) is 0 Å². The van der Waals surface area contributed by atoms with Gasteiger partial charge in [0, 0.05) is 12.6 Å². The summed E-state index contributed by atoms with van der Waals surface area (Å²) in [5.74, 6) is 1.55. The van der Waals surface area contributed by atoms with E-state index in [1.165, 1.54) is 12.8 Å². The summed E-state index contributed by atoms with van der Waals surface area (Å²) in [5, 5.41) is 0. The van der Waals surface area contributed by atoms with Crippen LogP contribution in [0.4, 0.5) is 0 Å². The lowest BCUT2D eigenvalue weighted by Gasteiger charge is -2.48. The van der Waals surface area contributed by atoms with Gasteiger partial charge in [-0.15, -0.1) is 0 Å². The second-order valence-electron chi connectivity index (χ2n) is 6.90. The van der Waals surface area contributed by atoms with Crippen molar-refractivity contribution in [3.8, 4) is 0 Å². The van der Waals surface area contributed by atoms with E-state index in [0.717, 1.165) is 32.2 Å². The van der Waals surface area contributed by atoms with E-state index in [4.69, 9.17) is 0 Å². The molecule has 2 heterocycles. The summed E-state index contributed by atoms with van der Waals surface area (Å²) < 4.78 is 0. The van der Waals surface area contributed by atoms with Crippen LogP contribution in [0.15, 0.2) is 0 Å². The first-order chi connectivity index (χ1) is 9.59. The molecule has 0 bridgehead atoms. The zero-order valence-corrected chi connectivity index (χ0v) is 12.7. The number of rotatable bonds is 1. The fourth-order valence-corrected chi connectivity index (χ4v) is 4.27. The van der Waals surface area contributed by atoms with E-state index in [1.54, 1.807) is 0 Å². The van der Waals surface area contributed by atoms with Crippen molar-refractivity contribution in [1.29, 1.82) is 0 Å². The largest absolute Gasteiger partial charge is 0.329 e. The van der Waals surface area contributed by atoms with Gasteiger partial charge in [0.2, 0.25) is 11.8 Å². The predicted octanol–water partition coefficient (Wildman–Crippen LogP) is 2.03. The van der Waals surface area contributed by atoms with E-state index in [0.29, 0.717) is 18.4 Å². The fourth-order valence-electron chi connectivity index (χ4n) is 4.27. The third-order valence-corrected chi connectivity index (χ3v) is 5.76. The number of carbonyl (C=O) groups is 2. The molecule has 3 rings (SSSR count). The molecule has 112 valence electrons. The van der Waals surface area contributed by atoms with Crippen LogP contribution in [0, 0.1) is 11.8 Å². The Morgan fingerprint density at radius 1 is 0.950 bits per heavy atom. The topological polar surface area (TPSA) is 40.6 Å². The summed E-state index contributed by atoms with van der Waals surface area (Å²) in [7, 11) is 0. The Morgan fingerprint density at radius 3 is 2.55 bits per heavy atom. The average Bonchev–Trinajstić information content (AvgIpc) is 2.46. The lowest BCUT2D eigenvalue weighted by Crippen LogP contribution is -2.64. The molecule has 4 nitrogen and oxygen atoms in total. The Balaban J connectivity index is 1.79. The van der Waals surface area contributed by atoms with Crippen LogP contribution in [0.25, 0.3) is 0 Å². The minimum atomic E-state index is -0.158. The number of piperazine rings is 1. The van der Waals surface area contributed by atoms with Crippen molar-refractivity contribution in [2.24, 2.45) is 11.8 Å². The molecule has 2 amide bonds. The quantitative estimate of drug-likeness (QED) is 0.736. The molecule has 4 heteroatoms. The van der Waals surface area contributed by atoms with E-state index in [2.05, 4.69) is 13.8 Å². The minimum absolute atomic E-state index is 0.158. The first-order valence-electron chi connectivity index (χ1n) is 8.19. The highest BCUT2D eigenvalue weighted by Gasteiger charge is 2.44. The molecule has 4 unspecified atom stereocenters. The summed E-state index contributed by atoms with van der Waals surface area (Å²) >= 11 is 0. The third kappa shape index (κ3) is 2.23. The van der Waals surface area contributed by atoms with Crippen LogP contribution < -0.4 is 0 Å². The zero-order chi connectivity index (χ0) is 14.3. The number of nitrogens with zero attached hydrogens (tertiary/aromatic N) is 2. The predicted molar refractivity (Wildman–Crippen MR) is 77.0 cm³/mol. The second kappa shape index (κ2) is 5.38. The number of carbonyl (C=O) groups excluding carboxylic acids is 2. The van der Waals surface area contributed by atoms with E-state index >= 15 is 0 Å². The Morgan fingerprint density at radius 2 is 1.75 bits per heavy atom. The second-order valence-corrected chi connectivity index (χ2v) is 6.90. The van der Waals surface area contributed by atoms with Crippen LogP contribution in [0.1, 0.15) is 52.4 Å². The Hall–Kier alpha value is -1.06. The van der Waals surface area contributed by atoms with Crippen molar-refractivity contribution >= 4 is 11.8 Å². The number of hydrogen-bond donors (Lipinski definition) is 0. The van der Waals surface area contributed by atoms with Crippen molar-refractivity contribution in [2.75, 3.05) is 13.1 Å². The Bertz CT molecular complexity index is 409. The van der Waals surface area contributed by atoms with Crippen LogP contribution in [0.5, 0.6) is 0 Å². The van der Waals surface area contributed by atoms with Gasteiger partial charge >= 0.3 is 0 Å². The summed E-state index contributed by atoms with van der Waals surface area (Å²) in [4.78, 5) is 28.9. The van der Waals surface area contributed by atoms with E-state index in [-0.39, 0.29) is 23.9 Å². The van der Waals surface area contributed by atoms with Crippen molar-refractivity contribution in [1.82, 2.24) is 9.80 Å². The first kappa shape index (κ1) is 13.9. The van der Waals surface area contributed by atoms with Gasteiger partial charge in [0.25, 0.3) is 0 Å². The molecule has 2 aliphatic heterocycles. The molecule has 3 fully saturated rings. The summed E-state index contributed by atoms with van der Waals surface area (Å²) in [6.45, 7) is 5.62. The third-order valence-electron chi connectivity index (χ3n) is 5.76. The standard InChI is InChI=1S/C16H26N2O2/c1-11-6-5-8-13(12(11)2)18-10-15(19)17-9-4-3-7-14(17)16(18)20/h11-14H,3-10H2,1-2H3. The molecule has 3 aliphatic rings. The Labute approximate surface area is 121 Å². The van der Waals surface area contributed by atoms with Crippen LogP contribution in [-0.2, 0) is 9.59 Å². The number of fused-ring (bicyclic) bond motifs is 1. The van der Waals surface area contributed by atoms with Gasteiger partial charge in [-0.25, -0.2) is 0 Å². The van der Waals surface area contributed by atoms with Crippen molar-refractivity contribution < 1.29 is 9.59 Å². The van der Waals surface area contributed by atoms with E-state index < -0.39 is 0 Å². The molecule has 0 aromatic carbocycles. The van der Waals surface area contributed by atoms with Gasteiger partial charge in [-0.1, -0.05) is 26.7 Å². The fraction of sp³-hybridized carbons (Fsp3) is 0.875. The maximum Gasteiger partial charge on any atom is 0.246 e. The monoisotopic (exact) mass is 278 g/mol. The molecule has 0 N–H and O–H groups in total. The number of amides is 2. The van der Waals surface area contributed by atoms with Gasteiger partial charge in [-0.2, -0.15) is 0 Å². The van der Waals surface area contributed by atoms with E-state index in [9.17, 15) is 9.59 Å². The molecule has 0 aromatic heterocycles. The first-order valence-corrected chi connectivity index (χ1v) is 8.19. The number of hydrogen-bond acceptors (Lipinski definition) is 2. The Kier molecular flexibility index (Phi) is 3.74. The lowest BCUT2D eigenvalue weighted by molar-refractivity contribution is -0.162. The van der Waals surface area contributed by atoms with Gasteiger partial charge in [-0.3, -0.25) is 9.59 Å². The molecule has 0 spiro atoms. The molecule has 0 radical (unpaired) electrons. The molecule has 0 aromatic rings.